The zero-order valence-corrected chi connectivity index (χ0v) is 12.1. The van der Waals surface area contributed by atoms with E-state index >= 15 is 0 Å². The van der Waals surface area contributed by atoms with Crippen LogP contribution in [0.1, 0.15) is 72.1 Å². The summed E-state index contributed by atoms with van der Waals surface area (Å²) in [5.41, 5.74) is 0.574. The molecule has 0 aromatic carbocycles. The first kappa shape index (κ1) is 13.4. The highest BCUT2D eigenvalue weighted by atomic mass is 14.9. The van der Waals surface area contributed by atoms with Crippen LogP contribution in [0.15, 0.2) is 0 Å². The number of hydrogen-bond acceptors (Lipinski definition) is 1. The van der Waals surface area contributed by atoms with E-state index in [0.29, 0.717) is 5.41 Å². The average molecular weight is 237 g/mol. The lowest BCUT2D eigenvalue weighted by Crippen LogP contribution is -2.46. The molecule has 2 atom stereocenters. The average Bonchev–Trinajstić information content (AvgIpc) is 2.67. The van der Waals surface area contributed by atoms with Crippen molar-refractivity contribution >= 4 is 0 Å². The Morgan fingerprint density at radius 2 is 1.76 bits per heavy atom. The molecular weight excluding hydrogens is 206 g/mol. The van der Waals surface area contributed by atoms with Crippen LogP contribution in [-0.2, 0) is 0 Å². The third-order valence-corrected chi connectivity index (χ3v) is 5.37. The largest absolute Gasteiger partial charge is 0.314 e. The van der Waals surface area contributed by atoms with Gasteiger partial charge in [-0.3, -0.25) is 0 Å². The highest BCUT2D eigenvalue weighted by molar-refractivity contribution is 4.95. The Labute approximate surface area is 108 Å². The standard InChI is InChI=1S/C16H31N/c1-4-17-15(13-9-6-5-7-10-13)14-11-8-12-16(14,2)3/h13-15,17H,4-12H2,1-3H3. The molecule has 0 saturated heterocycles. The van der Waals surface area contributed by atoms with Gasteiger partial charge < -0.3 is 5.32 Å². The quantitative estimate of drug-likeness (QED) is 0.765. The highest BCUT2D eigenvalue weighted by Gasteiger charge is 2.41. The van der Waals surface area contributed by atoms with E-state index in [1.54, 1.807) is 0 Å². The molecule has 0 aromatic rings. The van der Waals surface area contributed by atoms with Crippen molar-refractivity contribution < 1.29 is 0 Å². The van der Waals surface area contributed by atoms with Crippen LogP contribution in [0.3, 0.4) is 0 Å². The fourth-order valence-corrected chi connectivity index (χ4v) is 4.39. The van der Waals surface area contributed by atoms with Crippen molar-refractivity contribution in [2.75, 3.05) is 6.54 Å². The molecule has 2 fully saturated rings. The molecule has 0 heterocycles. The Kier molecular flexibility index (Phi) is 4.52. The second kappa shape index (κ2) is 5.73. The van der Waals surface area contributed by atoms with E-state index in [1.165, 1.54) is 51.4 Å². The first-order valence-corrected chi connectivity index (χ1v) is 7.88. The van der Waals surface area contributed by atoms with Gasteiger partial charge in [-0.15, -0.1) is 0 Å². The molecule has 0 spiro atoms. The SMILES string of the molecule is CCNC(C1CCCCC1)C1CCCC1(C)C. The molecule has 2 aliphatic carbocycles. The van der Waals surface area contributed by atoms with Crippen molar-refractivity contribution in [1.82, 2.24) is 5.32 Å². The van der Waals surface area contributed by atoms with Crippen LogP contribution < -0.4 is 5.32 Å². The van der Waals surface area contributed by atoms with Gasteiger partial charge >= 0.3 is 0 Å². The van der Waals surface area contributed by atoms with Gasteiger partial charge in [0, 0.05) is 6.04 Å². The third-order valence-electron chi connectivity index (χ3n) is 5.37. The Morgan fingerprint density at radius 3 is 2.29 bits per heavy atom. The zero-order valence-electron chi connectivity index (χ0n) is 12.1. The molecular formula is C16H31N. The van der Waals surface area contributed by atoms with Crippen molar-refractivity contribution in [3.63, 3.8) is 0 Å². The fraction of sp³-hybridized carbons (Fsp3) is 1.00. The minimum absolute atomic E-state index is 0.574. The van der Waals surface area contributed by atoms with E-state index in [0.717, 1.165) is 24.4 Å². The van der Waals surface area contributed by atoms with Crippen molar-refractivity contribution in [2.24, 2.45) is 17.3 Å². The summed E-state index contributed by atoms with van der Waals surface area (Å²) in [7, 11) is 0. The van der Waals surface area contributed by atoms with Crippen LogP contribution >= 0.6 is 0 Å². The zero-order chi connectivity index (χ0) is 12.3. The maximum absolute atomic E-state index is 3.85. The summed E-state index contributed by atoms with van der Waals surface area (Å²) in [5, 5.41) is 3.85. The summed E-state index contributed by atoms with van der Waals surface area (Å²) in [6, 6.07) is 0.804. The number of hydrogen-bond donors (Lipinski definition) is 1. The summed E-state index contributed by atoms with van der Waals surface area (Å²) >= 11 is 0. The fourth-order valence-electron chi connectivity index (χ4n) is 4.39. The van der Waals surface area contributed by atoms with Crippen LogP contribution in [-0.4, -0.2) is 12.6 Å². The maximum Gasteiger partial charge on any atom is 0.0129 e. The van der Waals surface area contributed by atoms with Crippen molar-refractivity contribution in [1.29, 1.82) is 0 Å². The van der Waals surface area contributed by atoms with Crippen molar-refractivity contribution in [3.8, 4) is 0 Å². The van der Waals surface area contributed by atoms with Gasteiger partial charge in [-0.05, 0) is 49.5 Å². The highest BCUT2D eigenvalue weighted by Crippen LogP contribution is 2.47. The number of nitrogens with one attached hydrogen (secondary N) is 1. The minimum atomic E-state index is 0.574. The van der Waals surface area contributed by atoms with Gasteiger partial charge in [-0.25, -0.2) is 0 Å². The van der Waals surface area contributed by atoms with E-state index in [2.05, 4.69) is 26.1 Å². The summed E-state index contributed by atoms with van der Waals surface area (Å²) < 4.78 is 0. The lowest BCUT2D eigenvalue weighted by atomic mass is 9.70. The Bertz CT molecular complexity index is 228. The first-order chi connectivity index (χ1) is 8.15. The van der Waals surface area contributed by atoms with E-state index in [-0.39, 0.29) is 0 Å². The normalized spacial score (nSPS) is 31.6. The molecule has 17 heavy (non-hydrogen) atoms. The second-order valence-corrected chi connectivity index (χ2v) is 6.97. The summed E-state index contributed by atoms with van der Waals surface area (Å²) in [6.45, 7) is 8.42. The Hall–Kier alpha value is -0.0400. The van der Waals surface area contributed by atoms with E-state index in [9.17, 15) is 0 Å². The molecule has 0 amide bonds. The van der Waals surface area contributed by atoms with Crippen LogP contribution in [0.4, 0.5) is 0 Å². The van der Waals surface area contributed by atoms with E-state index in [1.807, 2.05) is 0 Å². The lowest BCUT2D eigenvalue weighted by Gasteiger charge is -2.40. The predicted molar refractivity (Wildman–Crippen MR) is 75.2 cm³/mol. The van der Waals surface area contributed by atoms with Gasteiger partial charge in [0.15, 0.2) is 0 Å². The van der Waals surface area contributed by atoms with Gasteiger partial charge in [-0.2, -0.15) is 0 Å². The van der Waals surface area contributed by atoms with Crippen LogP contribution in [0.5, 0.6) is 0 Å². The number of rotatable bonds is 4. The topological polar surface area (TPSA) is 12.0 Å². The molecule has 1 heteroatoms. The lowest BCUT2D eigenvalue weighted by molar-refractivity contribution is 0.132. The van der Waals surface area contributed by atoms with Crippen LogP contribution in [0, 0.1) is 17.3 Å². The van der Waals surface area contributed by atoms with Crippen LogP contribution in [0.25, 0.3) is 0 Å². The van der Waals surface area contributed by atoms with Crippen LogP contribution in [0.2, 0.25) is 0 Å². The van der Waals surface area contributed by atoms with Gasteiger partial charge in [0.25, 0.3) is 0 Å². The maximum atomic E-state index is 3.85. The third kappa shape index (κ3) is 3.05. The summed E-state index contributed by atoms with van der Waals surface area (Å²) in [6.07, 6.45) is 11.7. The molecule has 2 aliphatic rings. The van der Waals surface area contributed by atoms with Gasteiger partial charge in [-0.1, -0.05) is 46.5 Å². The first-order valence-electron chi connectivity index (χ1n) is 7.88. The summed E-state index contributed by atoms with van der Waals surface area (Å²) in [5.74, 6) is 1.89. The molecule has 0 aliphatic heterocycles. The van der Waals surface area contributed by atoms with Gasteiger partial charge in [0.2, 0.25) is 0 Å². The molecule has 2 unspecified atom stereocenters. The molecule has 1 N–H and O–H groups in total. The van der Waals surface area contributed by atoms with Gasteiger partial charge in [0.05, 0.1) is 0 Å². The predicted octanol–water partition coefficient (Wildman–Crippen LogP) is 4.37. The summed E-state index contributed by atoms with van der Waals surface area (Å²) in [4.78, 5) is 0. The Morgan fingerprint density at radius 1 is 1.06 bits per heavy atom. The van der Waals surface area contributed by atoms with Crippen molar-refractivity contribution in [2.45, 2.75) is 78.2 Å². The molecule has 2 rings (SSSR count). The monoisotopic (exact) mass is 237 g/mol. The molecule has 2 saturated carbocycles. The molecule has 0 radical (unpaired) electrons. The smallest absolute Gasteiger partial charge is 0.0129 e. The van der Waals surface area contributed by atoms with E-state index in [4.69, 9.17) is 0 Å². The minimum Gasteiger partial charge on any atom is -0.314 e. The second-order valence-electron chi connectivity index (χ2n) is 6.97. The Balaban J connectivity index is 2.04. The van der Waals surface area contributed by atoms with Crippen molar-refractivity contribution in [3.05, 3.63) is 0 Å². The molecule has 0 aromatic heterocycles. The molecule has 1 nitrogen and oxygen atoms in total. The molecule has 100 valence electrons. The van der Waals surface area contributed by atoms with Gasteiger partial charge in [0.1, 0.15) is 0 Å². The van der Waals surface area contributed by atoms with E-state index < -0.39 is 0 Å². The molecule has 0 bridgehead atoms.